The topological polar surface area (TPSA) is 0 Å². The summed E-state index contributed by atoms with van der Waals surface area (Å²) in [5, 5.41) is 3.60. The van der Waals surface area contributed by atoms with Gasteiger partial charge in [0.05, 0.1) is 0 Å². The molecule has 0 nitrogen and oxygen atoms in total. The summed E-state index contributed by atoms with van der Waals surface area (Å²) in [7, 11) is 0. The maximum atomic E-state index is 7.41. The molecule has 0 bridgehead atoms. The number of halogens is 1. The minimum atomic E-state index is -2.13. The monoisotopic (exact) mass is 379 g/mol. The molecule has 0 aliphatic rings. The lowest BCUT2D eigenvalue weighted by molar-refractivity contribution is 0.814. The van der Waals surface area contributed by atoms with E-state index in [-0.39, 0.29) is 0 Å². The molecule has 0 saturated heterocycles. The Morgan fingerprint density at radius 3 is 1.69 bits per heavy atom. The van der Waals surface area contributed by atoms with Crippen molar-refractivity contribution in [2.45, 2.75) is 26.2 Å². The SMILES string of the molecule is C=C(C)CCCc1ccc([P+](Cl)(c2ccccc2)c2ccccc2)cc1. The van der Waals surface area contributed by atoms with Crippen molar-refractivity contribution in [3.8, 4) is 0 Å². The molecule has 0 unspecified atom stereocenters. The molecule has 0 heterocycles. The number of hydrogen-bond acceptors (Lipinski definition) is 0. The first kappa shape index (κ1) is 18.9. The van der Waals surface area contributed by atoms with Gasteiger partial charge in [0, 0.05) is 0 Å². The summed E-state index contributed by atoms with van der Waals surface area (Å²) in [6.45, 7) is 3.95. The summed E-state index contributed by atoms with van der Waals surface area (Å²) in [5.41, 5.74) is 2.61. The highest BCUT2D eigenvalue weighted by Crippen LogP contribution is 2.60. The number of hydrogen-bond donors (Lipinski definition) is 0. The molecule has 0 fully saturated rings. The molecule has 3 aromatic carbocycles. The summed E-state index contributed by atoms with van der Waals surface area (Å²) in [6.07, 6.45) is 3.31. The number of rotatable bonds is 7. The van der Waals surface area contributed by atoms with Crippen molar-refractivity contribution >= 4 is 33.8 Å². The van der Waals surface area contributed by atoms with E-state index in [2.05, 4.69) is 86.3 Å². The van der Waals surface area contributed by atoms with Crippen molar-refractivity contribution in [2.75, 3.05) is 0 Å². The predicted octanol–water partition coefficient (Wildman–Crippen LogP) is 6.03. The van der Waals surface area contributed by atoms with Gasteiger partial charge < -0.3 is 0 Å². The van der Waals surface area contributed by atoms with Crippen LogP contribution in [0.1, 0.15) is 25.3 Å². The van der Waals surface area contributed by atoms with Gasteiger partial charge in [0.1, 0.15) is 27.2 Å². The van der Waals surface area contributed by atoms with Crippen molar-refractivity contribution in [3.05, 3.63) is 103 Å². The molecule has 0 amide bonds. The highest BCUT2D eigenvalue weighted by Gasteiger charge is 2.44. The second kappa shape index (κ2) is 8.67. The van der Waals surface area contributed by atoms with Crippen LogP contribution >= 0.6 is 17.9 Å². The summed E-state index contributed by atoms with van der Waals surface area (Å²) < 4.78 is 0. The largest absolute Gasteiger partial charge is 0.210 e. The Labute approximate surface area is 162 Å². The molecule has 0 N–H and O–H groups in total. The fourth-order valence-corrected chi connectivity index (χ4v) is 6.81. The maximum absolute atomic E-state index is 7.41. The highest BCUT2D eigenvalue weighted by molar-refractivity contribution is 8.14. The first-order chi connectivity index (χ1) is 12.6. The van der Waals surface area contributed by atoms with Crippen LogP contribution in [0.4, 0.5) is 0 Å². The zero-order chi connectivity index (χ0) is 18.4. The summed E-state index contributed by atoms with van der Waals surface area (Å²) in [5.74, 6) is 0. The third-order valence-corrected chi connectivity index (χ3v) is 9.37. The summed E-state index contributed by atoms with van der Waals surface area (Å²) >= 11 is 7.41. The van der Waals surface area contributed by atoms with Crippen LogP contribution in [-0.4, -0.2) is 0 Å². The fraction of sp³-hybridized carbons (Fsp3) is 0.167. The van der Waals surface area contributed by atoms with Gasteiger partial charge in [-0.15, -0.1) is 6.58 Å². The maximum Gasteiger partial charge on any atom is 0.210 e. The molecule has 0 spiro atoms. The molecule has 0 aromatic heterocycles. The van der Waals surface area contributed by atoms with Crippen molar-refractivity contribution < 1.29 is 0 Å². The quantitative estimate of drug-likeness (QED) is 0.347. The Bertz CT molecular complexity index is 799. The standard InChI is InChI=1S/C24H25ClP/c1-20(2)10-9-11-21-16-18-24(19-17-21)26(25,22-12-5-3-6-13-22)23-14-7-4-8-15-23/h3-8,12-19H,1,9-11H2,2H3/q+1. The van der Waals surface area contributed by atoms with Crippen molar-refractivity contribution in [3.63, 3.8) is 0 Å². The number of allylic oxidation sites excluding steroid dienone is 1. The molecule has 26 heavy (non-hydrogen) atoms. The molecular weight excluding hydrogens is 355 g/mol. The van der Waals surface area contributed by atoms with Crippen LogP contribution < -0.4 is 15.9 Å². The first-order valence-electron chi connectivity index (χ1n) is 9.04. The molecule has 132 valence electrons. The van der Waals surface area contributed by atoms with Gasteiger partial charge in [0.15, 0.2) is 0 Å². The second-order valence-corrected chi connectivity index (χ2v) is 11.0. The van der Waals surface area contributed by atoms with E-state index < -0.39 is 6.62 Å². The molecule has 2 heteroatoms. The van der Waals surface area contributed by atoms with Gasteiger partial charge in [-0.05, 0) is 68.1 Å². The van der Waals surface area contributed by atoms with Crippen LogP contribution in [0.5, 0.6) is 0 Å². The van der Waals surface area contributed by atoms with Gasteiger partial charge in [-0.1, -0.05) is 54.1 Å². The van der Waals surface area contributed by atoms with Gasteiger partial charge in [0.25, 0.3) is 0 Å². The third-order valence-electron chi connectivity index (χ3n) is 4.59. The smallest absolute Gasteiger partial charge is 0.100 e. The van der Waals surface area contributed by atoms with Gasteiger partial charge >= 0.3 is 0 Å². The van der Waals surface area contributed by atoms with Crippen molar-refractivity contribution in [1.82, 2.24) is 0 Å². The van der Waals surface area contributed by atoms with E-state index in [1.54, 1.807) is 0 Å². The van der Waals surface area contributed by atoms with Crippen LogP contribution in [0.2, 0.25) is 0 Å². The van der Waals surface area contributed by atoms with Crippen LogP contribution in [0.3, 0.4) is 0 Å². The number of benzene rings is 3. The van der Waals surface area contributed by atoms with E-state index in [4.69, 9.17) is 11.2 Å². The second-order valence-electron chi connectivity index (χ2n) is 6.74. The Morgan fingerprint density at radius 2 is 1.23 bits per heavy atom. The van der Waals surface area contributed by atoms with Crippen LogP contribution in [-0.2, 0) is 6.42 Å². The molecule has 0 saturated carbocycles. The Hall–Kier alpha value is -1.88. The zero-order valence-electron chi connectivity index (χ0n) is 15.2. The first-order valence-corrected chi connectivity index (χ1v) is 11.7. The van der Waals surface area contributed by atoms with E-state index in [0.717, 1.165) is 19.3 Å². The van der Waals surface area contributed by atoms with E-state index >= 15 is 0 Å². The van der Waals surface area contributed by atoms with Gasteiger partial charge in [-0.2, -0.15) is 0 Å². The molecule has 3 rings (SSSR count). The number of aryl methyl sites for hydroxylation is 1. The minimum absolute atomic E-state index is 1.08. The Kier molecular flexibility index (Phi) is 6.30. The van der Waals surface area contributed by atoms with Crippen molar-refractivity contribution in [2.24, 2.45) is 0 Å². The Balaban J connectivity index is 1.94. The molecule has 0 aliphatic carbocycles. The Morgan fingerprint density at radius 1 is 0.769 bits per heavy atom. The lowest BCUT2D eigenvalue weighted by atomic mass is 10.1. The van der Waals surface area contributed by atoms with Crippen LogP contribution in [0, 0.1) is 0 Å². The fourth-order valence-electron chi connectivity index (χ4n) is 3.18. The zero-order valence-corrected chi connectivity index (χ0v) is 16.9. The van der Waals surface area contributed by atoms with E-state index in [1.165, 1.54) is 27.1 Å². The molecule has 3 aromatic rings. The van der Waals surface area contributed by atoms with Gasteiger partial charge in [0.2, 0.25) is 6.62 Å². The lowest BCUT2D eigenvalue weighted by Gasteiger charge is -2.19. The van der Waals surface area contributed by atoms with E-state index in [9.17, 15) is 0 Å². The normalized spacial score (nSPS) is 11.3. The van der Waals surface area contributed by atoms with Crippen molar-refractivity contribution in [1.29, 1.82) is 0 Å². The third kappa shape index (κ3) is 4.26. The van der Waals surface area contributed by atoms with Crippen LogP contribution in [0.15, 0.2) is 97.1 Å². The highest BCUT2D eigenvalue weighted by atomic mass is 35.7. The average Bonchev–Trinajstić information content (AvgIpc) is 2.69. The minimum Gasteiger partial charge on any atom is -0.100 e. The molecular formula is C24H25ClP+. The summed E-state index contributed by atoms with van der Waals surface area (Å²) in [4.78, 5) is 0. The lowest BCUT2D eigenvalue weighted by Crippen LogP contribution is -2.27. The molecule has 0 atom stereocenters. The summed E-state index contributed by atoms with van der Waals surface area (Å²) in [6, 6.07) is 29.9. The van der Waals surface area contributed by atoms with E-state index in [0.29, 0.717) is 0 Å². The average molecular weight is 380 g/mol. The van der Waals surface area contributed by atoms with Gasteiger partial charge in [-0.25, -0.2) is 0 Å². The van der Waals surface area contributed by atoms with Crippen LogP contribution in [0.25, 0.3) is 0 Å². The van der Waals surface area contributed by atoms with E-state index in [1.807, 2.05) is 12.1 Å². The predicted molar refractivity (Wildman–Crippen MR) is 119 cm³/mol. The molecule has 0 aliphatic heterocycles. The molecule has 0 radical (unpaired) electrons. The van der Waals surface area contributed by atoms with Gasteiger partial charge in [-0.3, -0.25) is 0 Å².